The molecule has 2 atom stereocenters. The molecule has 0 aromatic heterocycles. The van der Waals surface area contributed by atoms with Crippen LogP contribution >= 0.6 is 0 Å². The number of Topliss-reactive ketones (excluding diaryl/α,β-unsaturated/α-hetero) is 1. The zero-order valence-corrected chi connectivity index (χ0v) is 17.6. The van der Waals surface area contributed by atoms with Gasteiger partial charge in [0.1, 0.15) is 12.7 Å². The second-order valence-corrected chi connectivity index (χ2v) is 6.66. The lowest BCUT2D eigenvalue weighted by Gasteiger charge is -2.18. The first-order valence-electron chi connectivity index (χ1n) is 9.86. The van der Waals surface area contributed by atoms with Crippen LogP contribution in [0.25, 0.3) is 5.76 Å². The smallest absolute Gasteiger partial charge is 0.377 e. The Morgan fingerprint density at radius 2 is 1.72 bits per heavy atom. The zero-order chi connectivity index (χ0) is 21.8. The first-order valence-corrected chi connectivity index (χ1v) is 9.86. The van der Waals surface area contributed by atoms with Gasteiger partial charge in [0.05, 0.1) is 20.8 Å². The highest BCUT2D eigenvalue weighted by Gasteiger charge is 2.27. The van der Waals surface area contributed by atoms with Crippen molar-refractivity contribution in [1.29, 1.82) is 0 Å². The summed E-state index contributed by atoms with van der Waals surface area (Å²) in [6, 6.07) is 6.90. The van der Waals surface area contributed by atoms with E-state index in [-0.39, 0.29) is 23.2 Å². The van der Waals surface area contributed by atoms with Crippen molar-refractivity contribution in [3.63, 3.8) is 0 Å². The quantitative estimate of drug-likeness (QED) is 0.224. The van der Waals surface area contributed by atoms with E-state index in [1.807, 2.05) is 6.92 Å². The predicted octanol–water partition coefficient (Wildman–Crippen LogP) is 2.94. The number of unbranched alkanes of at least 4 members (excludes halogenated alkanes) is 1. The van der Waals surface area contributed by atoms with E-state index in [9.17, 15) is 14.7 Å². The first-order chi connectivity index (χ1) is 13.9. The molecule has 29 heavy (non-hydrogen) atoms. The van der Waals surface area contributed by atoms with Crippen LogP contribution in [0.2, 0.25) is 0 Å². The van der Waals surface area contributed by atoms with E-state index in [1.165, 1.54) is 14.2 Å². The Morgan fingerprint density at radius 3 is 2.24 bits per heavy atom. The maximum atomic E-state index is 13.2. The van der Waals surface area contributed by atoms with Crippen molar-refractivity contribution in [2.24, 2.45) is 5.92 Å². The predicted molar refractivity (Wildman–Crippen MR) is 109 cm³/mol. The van der Waals surface area contributed by atoms with Gasteiger partial charge < -0.3 is 24.4 Å². The summed E-state index contributed by atoms with van der Waals surface area (Å²) in [6.07, 6.45) is 2.29. The highest BCUT2D eigenvalue weighted by atomic mass is 16.6. The molecule has 162 valence electrons. The summed E-state index contributed by atoms with van der Waals surface area (Å²) >= 11 is 0. The van der Waals surface area contributed by atoms with Gasteiger partial charge in [-0.3, -0.25) is 4.79 Å². The Balaban J connectivity index is 3.32. The molecule has 0 aliphatic heterocycles. The van der Waals surface area contributed by atoms with Crippen molar-refractivity contribution in [1.82, 2.24) is 0 Å². The minimum absolute atomic E-state index is 0.00868. The third-order valence-electron chi connectivity index (χ3n) is 4.62. The minimum atomic E-state index is -1.19. The molecule has 0 radical (unpaired) electrons. The second-order valence-electron chi connectivity index (χ2n) is 6.66. The van der Waals surface area contributed by atoms with Gasteiger partial charge in [-0.1, -0.05) is 51.0 Å². The van der Waals surface area contributed by atoms with Crippen LogP contribution in [0.4, 0.5) is 0 Å². The van der Waals surface area contributed by atoms with Crippen LogP contribution in [-0.4, -0.2) is 55.5 Å². The molecule has 7 heteroatoms. The standard InChI is InChI=1S/C22H32O7/c1-5-7-10-15(6-2)19(25)17-11-8-9-12-18(17)20(27-3)21(28-4)22(26)29-14-16(24)13-23/h8-9,11-12,15-16,23-24H,5-7,10,13-14H2,1-4H3. The number of methoxy groups -OCH3 is 2. The summed E-state index contributed by atoms with van der Waals surface area (Å²) in [5.41, 5.74) is 0.886. The number of esters is 1. The minimum Gasteiger partial charge on any atom is -0.492 e. The van der Waals surface area contributed by atoms with Crippen molar-refractivity contribution in [3.05, 3.63) is 41.2 Å². The summed E-state index contributed by atoms with van der Waals surface area (Å²) in [5.74, 6) is -1.14. The highest BCUT2D eigenvalue weighted by molar-refractivity contribution is 6.04. The monoisotopic (exact) mass is 408 g/mol. The third kappa shape index (κ3) is 6.87. The molecule has 0 heterocycles. The second kappa shape index (κ2) is 13.0. The summed E-state index contributed by atoms with van der Waals surface area (Å²) in [6.45, 7) is 3.14. The Labute approximate surface area is 172 Å². The number of hydrogen-bond acceptors (Lipinski definition) is 7. The highest BCUT2D eigenvalue weighted by Crippen LogP contribution is 2.28. The number of hydrogen-bond donors (Lipinski definition) is 2. The molecule has 0 saturated carbocycles. The molecule has 7 nitrogen and oxygen atoms in total. The number of aliphatic hydroxyl groups is 2. The number of carbonyl (C=O) groups excluding carboxylic acids is 2. The Morgan fingerprint density at radius 1 is 1.07 bits per heavy atom. The van der Waals surface area contributed by atoms with Crippen molar-refractivity contribution in [2.75, 3.05) is 27.4 Å². The summed E-state index contributed by atoms with van der Waals surface area (Å²) < 4.78 is 15.6. The SMILES string of the molecule is CCCCC(CC)C(=O)c1ccccc1C(OC)=C(OC)C(=O)OCC(O)CO. The number of aliphatic hydroxyl groups excluding tert-OH is 2. The van der Waals surface area contributed by atoms with E-state index in [1.54, 1.807) is 24.3 Å². The maximum absolute atomic E-state index is 13.2. The van der Waals surface area contributed by atoms with Crippen LogP contribution in [-0.2, 0) is 19.0 Å². The average molecular weight is 408 g/mol. The molecule has 0 fully saturated rings. The number of rotatable bonds is 13. The number of carbonyl (C=O) groups is 2. The molecule has 1 aromatic carbocycles. The van der Waals surface area contributed by atoms with Gasteiger partial charge >= 0.3 is 5.97 Å². The molecular weight excluding hydrogens is 376 g/mol. The fourth-order valence-corrected chi connectivity index (χ4v) is 2.97. The number of ketones is 1. The van der Waals surface area contributed by atoms with E-state index in [2.05, 4.69) is 6.92 Å². The molecule has 0 bridgehead atoms. The van der Waals surface area contributed by atoms with Gasteiger partial charge in [-0.25, -0.2) is 4.79 Å². The van der Waals surface area contributed by atoms with Crippen LogP contribution in [0.15, 0.2) is 30.0 Å². The molecule has 0 spiro atoms. The first kappa shape index (κ1) is 24.7. The Bertz CT molecular complexity index is 696. The van der Waals surface area contributed by atoms with E-state index in [0.29, 0.717) is 11.1 Å². The summed E-state index contributed by atoms with van der Waals surface area (Å²) in [5, 5.41) is 18.3. The van der Waals surface area contributed by atoms with E-state index in [0.717, 1.165) is 25.7 Å². The zero-order valence-electron chi connectivity index (χ0n) is 17.6. The lowest BCUT2D eigenvalue weighted by Crippen LogP contribution is -2.24. The normalized spacial score (nSPS) is 13.9. The molecule has 1 aromatic rings. The topological polar surface area (TPSA) is 102 Å². The van der Waals surface area contributed by atoms with Gasteiger partial charge in [0.25, 0.3) is 0 Å². The van der Waals surface area contributed by atoms with Crippen LogP contribution in [0.5, 0.6) is 0 Å². The van der Waals surface area contributed by atoms with Gasteiger partial charge in [0.2, 0.25) is 5.76 Å². The Kier molecular flexibility index (Phi) is 11.0. The summed E-state index contributed by atoms with van der Waals surface area (Å²) in [7, 11) is 2.67. The molecule has 0 saturated heterocycles. The third-order valence-corrected chi connectivity index (χ3v) is 4.62. The largest absolute Gasteiger partial charge is 0.492 e. The molecular formula is C22H32O7. The lowest BCUT2D eigenvalue weighted by atomic mass is 9.88. The van der Waals surface area contributed by atoms with Gasteiger partial charge in [-0.05, 0) is 12.8 Å². The number of benzene rings is 1. The van der Waals surface area contributed by atoms with Crippen molar-refractivity contribution >= 4 is 17.5 Å². The van der Waals surface area contributed by atoms with E-state index in [4.69, 9.17) is 19.3 Å². The molecule has 2 unspecified atom stereocenters. The van der Waals surface area contributed by atoms with Crippen molar-refractivity contribution < 1.29 is 34.0 Å². The van der Waals surface area contributed by atoms with Crippen molar-refractivity contribution in [2.45, 2.75) is 45.6 Å². The van der Waals surface area contributed by atoms with Crippen molar-refractivity contribution in [3.8, 4) is 0 Å². The van der Waals surface area contributed by atoms with Gasteiger partial charge in [0, 0.05) is 17.0 Å². The maximum Gasteiger partial charge on any atom is 0.377 e. The molecule has 0 amide bonds. The molecule has 1 rings (SSSR count). The van der Waals surface area contributed by atoms with Crippen LogP contribution in [0.1, 0.15) is 55.5 Å². The van der Waals surface area contributed by atoms with Gasteiger partial charge in [-0.2, -0.15) is 0 Å². The van der Waals surface area contributed by atoms with E-state index >= 15 is 0 Å². The molecule has 2 N–H and O–H groups in total. The average Bonchev–Trinajstić information content (AvgIpc) is 2.75. The fourth-order valence-electron chi connectivity index (χ4n) is 2.97. The summed E-state index contributed by atoms with van der Waals surface area (Å²) in [4.78, 5) is 25.6. The van der Waals surface area contributed by atoms with Crippen LogP contribution in [0, 0.1) is 5.92 Å². The van der Waals surface area contributed by atoms with Gasteiger partial charge in [0.15, 0.2) is 11.5 Å². The molecule has 0 aliphatic rings. The fraction of sp³-hybridized carbons (Fsp3) is 0.545. The van der Waals surface area contributed by atoms with E-state index < -0.39 is 25.3 Å². The lowest BCUT2D eigenvalue weighted by molar-refractivity contribution is -0.146. The molecule has 0 aliphatic carbocycles. The van der Waals surface area contributed by atoms with Crippen LogP contribution in [0.3, 0.4) is 0 Å². The van der Waals surface area contributed by atoms with Crippen LogP contribution < -0.4 is 0 Å². The number of ether oxygens (including phenoxy) is 3. The Hall–Kier alpha value is -2.38. The van der Waals surface area contributed by atoms with Gasteiger partial charge in [-0.15, -0.1) is 0 Å².